The Morgan fingerprint density at radius 2 is 1.75 bits per heavy atom. The number of thiol groups is 1. The number of hydrogen-bond donors (Lipinski definition) is 1. The van der Waals surface area contributed by atoms with Crippen molar-refractivity contribution < 1.29 is 9.53 Å². The minimum atomic E-state index is -0.437. The lowest BCUT2D eigenvalue weighted by Crippen LogP contribution is -2.26. The van der Waals surface area contributed by atoms with Crippen LogP contribution in [0.25, 0.3) is 10.9 Å². The molecule has 1 aromatic heterocycles. The summed E-state index contributed by atoms with van der Waals surface area (Å²) in [5, 5.41) is 1.76. The molecule has 0 bridgehead atoms. The van der Waals surface area contributed by atoms with Crippen molar-refractivity contribution in [3.05, 3.63) is 119 Å². The van der Waals surface area contributed by atoms with Gasteiger partial charge in [0.25, 0.3) is 0 Å². The fourth-order valence-corrected chi connectivity index (χ4v) is 5.20. The number of aromatic nitrogens is 1. The van der Waals surface area contributed by atoms with Crippen LogP contribution >= 0.6 is 24.2 Å². The molecule has 0 spiro atoms. The molecule has 0 amide bonds. The van der Waals surface area contributed by atoms with Crippen LogP contribution < -0.4 is 4.74 Å². The van der Waals surface area contributed by atoms with Gasteiger partial charge >= 0.3 is 0 Å². The molecule has 1 unspecified atom stereocenters. The predicted molar refractivity (Wildman–Crippen MR) is 152 cm³/mol. The molecule has 3 nitrogen and oxygen atoms in total. The Balaban J connectivity index is 1.48. The van der Waals surface area contributed by atoms with E-state index in [1.165, 1.54) is 0 Å². The molecular formula is C31H30ClNO2S. The summed E-state index contributed by atoms with van der Waals surface area (Å²) in [6.07, 6.45) is 7.01. The normalized spacial score (nSPS) is 13.1. The van der Waals surface area contributed by atoms with Crippen LogP contribution in [0.5, 0.6) is 5.75 Å². The highest BCUT2D eigenvalue weighted by atomic mass is 35.5. The average molecular weight is 516 g/mol. The van der Waals surface area contributed by atoms with E-state index in [2.05, 4.69) is 48.0 Å². The Bertz CT molecular complexity index is 1350. The number of ether oxygens (including phenoxy) is 1. The number of carbonyl (C=O) groups excluding carboxylic acids is 1. The number of allylic oxidation sites excluding steroid dienone is 2. The summed E-state index contributed by atoms with van der Waals surface area (Å²) in [6, 6.07) is 28.0. The van der Waals surface area contributed by atoms with Gasteiger partial charge in [0.1, 0.15) is 12.4 Å². The summed E-state index contributed by atoms with van der Waals surface area (Å²) in [6.45, 7) is 2.37. The van der Waals surface area contributed by atoms with Crippen LogP contribution in [0.15, 0.2) is 97.1 Å². The third kappa shape index (κ3) is 6.57. The lowest BCUT2D eigenvalue weighted by Gasteiger charge is -2.31. The summed E-state index contributed by atoms with van der Waals surface area (Å²) in [5.74, 6) is 0.761. The van der Waals surface area contributed by atoms with Gasteiger partial charge in [0.15, 0.2) is 5.12 Å². The molecule has 3 aromatic carbocycles. The zero-order chi connectivity index (χ0) is 25.4. The second-order valence-electron chi connectivity index (χ2n) is 8.98. The maximum absolute atomic E-state index is 12.2. The second kappa shape index (κ2) is 12.2. The molecule has 0 aliphatic heterocycles. The molecule has 0 aliphatic rings. The van der Waals surface area contributed by atoms with Crippen LogP contribution in [0.2, 0.25) is 5.02 Å². The first kappa shape index (κ1) is 26.0. The van der Waals surface area contributed by atoms with E-state index in [4.69, 9.17) is 16.3 Å². The van der Waals surface area contributed by atoms with E-state index < -0.39 is 5.41 Å². The summed E-state index contributed by atoms with van der Waals surface area (Å²) in [7, 11) is 0. The number of para-hydroxylation sites is 1. The Labute approximate surface area is 223 Å². The summed E-state index contributed by atoms with van der Waals surface area (Å²) < 4.78 is 6.02. The van der Waals surface area contributed by atoms with Gasteiger partial charge in [-0.05, 0) is 67.6 Å². The predicted octanol–water partition coefficient (Wildman–Crippen LogP) is 8.15. The lowest BCUT2D eigenvalue weighted by molar-refractivity contribution is -0.111. The van der Waals surface area contributed by atoms with E-state index >= 15 is 0 Å². The fraction of sp³-hybridized carbons (Fsp3) is 0.226. The van der Waals surface area contributed by atoms with Crippen molar-refractivity contribution in [2.45, 2.75) is 44.6 Å². The molecule has 1 heterocycles. The van der Waals surface area contributed by atoms with Gasteiger partial charge in [-0.3, -0.25) is 4.79 Å². The Hall–Kier alpha value is -3.08. The zero-order valence-electron chi connectivity index (χ0n) is 20.4. The van der Waals surface area contributed by atoms with Crippen LogP contribution in [-0.4, -0.2) is 10.1 Å². The number of carbonyl (C=O) groups is 1. The van der Waals surface area contributed by atoms with Gasteiger partial charge in [0, 0.05) is 22.2 Å². The number of aryl methyl sites for hydroxylation is 1. The van der Waals surface area contributed by atoms with E-state index in [0.717, 1.165) is 57.8 Å². The van der Waals surface area contributed by atoms with Crippen molar-refractivity contribution in [3.8, 4) is 5.75 Å². The summed E-state index contributed by atoms with van der Waals surface area (Å²) >= 11 is 10.5. The molecule has 0 saturated carbocycles. The molecule has 0 saturated heterocycles. The van der Waals surface area contributed by atoms with Gasteiger partial charge in [-0.2, -0.15) is 0 Å². The SMILES string of the molecule is CC=CC(CCCc1ccccc1Cl)(CC(=O)S)c1ccc(OCc2ccc3ccccc3n2)cc1. The standard InChI is InChI=1S/C31H30ClNO2S/c1-2-19-31(21-30(34)36,20-7-10-23-8-3-5-11-28(23)32)25-14-17-27(18-15-25)35-22-26-16-13-24-9-4-6-12-29(24)33-26/h2-6,8-9,11-19H,7,10,20-22H2,1H3,(H,34,36). The molecule has 4 aromatic rings. The van der Waals surface area contributed by atoms with E-state index in [-0.39, 0.29) is 5.12 Å². The van der Waals surface area contributed by atoms with Crippen LogP contribution in [0.4, 0.5) is 0 Å². The number of benzene rings is 3. The van der Waals surface area contributed by atoms with Crippen molar-refractivity contribution in [3.63, 3.8) is 0 Å². The lowest BCUT2D eigenvalue weighted by atomic mass is 9.73. The van der Waals surface area contributed by atoms with Crippen molar-refractivity contribution in [1.29, 1.82) is 0 Å². The Morgan fingerprint density at radius 1 is 1.00 bits per heavy atom. The Morgan fingerprint density at radius 3 is 2.50 bits per heavy atom. The first-order valence-corrected chi connectivity index (χ1v) is 13.0. The number of pyridine rings is 1. The summed E-state index contributed by atoms with van der Waals surface area (Å²) in [4.78, 5) is 16.9. The molecule has 0 fully saturated rings. The van der Waals surface area contributed by atoms with E-state index in [0.29, 0.717) is 13.0 Å². The topological polar surface area (TPSA) is 39.2 Å². The molecule has 184 valence electrons. The molecule has 0 N–H and O–H groups in total. The molecule has 1 atom stereocenters. The van der Waals surface area contributed by atoms with Crippen LogP contribution in [0.3, 0.4) is 0 Å². The molecular weight excluding hydrogens is 486 g/mol. The largest absolute Gasteiger partial charge is 0.487 e. The van der Waals surface area contributed by atoms with Crippen molar-refractivity contribution in [1.82, 2.24) is 4.98 Å². The van der Waals surface area contributed by atoms with E-state index in [9.17, 15) is 4.79 Å². The maximum Gasteiger partial charge on any atom is 0.187 e. The minimum absolute atomic E-state index is 0.131. The number of nitrogens with zero attached hydrogens (tertiary/aromatic N) is 1. The van der Waals surface area contributed by atoms with Crippen molar-refractivity contribution in [2.24, 2.45) is 0 Å². The maximum atomic E-state index is 12.2. The average Bonchev–Trinajstić information content (AvgIpc) is 2.88. The number of fused-ring (bicyclic) bond motifs is 1. The Kier molecular flexibility index (Phi) is 8.84. The smallest absolute Gasteiger partial charge is 0.187 e. The second-order valence-corrected chi connectivity index (χ2v) is 9.89. The van der Waals surface area contributed by atoms with Crippen molar-refractivity contribution >= 4 is 40.2 Å². The monoisotopic (exact) mass is 515 g/mol. The van der Waals surface area contributed by atoms with Crippen molar-refractivity contribution in [2.75, 3.05) is 0 Å². The van der Waals surface area contributed by atoms with E-state index in [1.807, 2.05) is 73.7 Å². The molecule has 0 aliphatic carbocycles. The highest BCUT2D eigenvalue weighted by Crippen LogP contribution is 2.37. The van der Waals surface area contributed by atoms with Gasteiger partial charge in [0.05, 0.1) is 11.2 Å². The first-order valence-electron chi connectivity index (χ1n) is 12.2. The van der Waals surface area contributed by atoms with Gasteiger partial charge in [-0.1, -0.05) is 78.4 Å². The van der Waals surface area contributed by atoms with Gasteiger partial charge in [0.2, 0.25) is 0 Å². The third-order valence-corrected chi connectivity index (χ3v) is 6.98. The van der Waals surface area contributed by atoms with Crippen LogP contribution in [0.1, 0.15) is 43.0 Å². The zero-order valence-corrected chi connectivity index (χ0v) is 22.0. The number of rotatable bonds is 11. The van der Waals surface area contributed by atoms with Crippen LogP contribution in [0, 0.1) is 0 Å². The minimum Gasteiger partial charge on any atom is -0.487 e. The number of halogens is 1. The fourth-order valence-electron chi connectivity index (χ4n) is 4.69. The molecule has 4 rings (SSSR count). The third-order valence-electron chi connectivity index (χ3n) is 6.45. The molecule has 0 radical (unpaired) electrons. The highest BCUT2D eigenvalue weighted by Gasteiger charge is 2.31. The van der Waals surface area contributed by atoms with E-state index in [1.54, 1.807) is 0 Å². The molecule has 36 heavy (non-hydrogen) atoms. The van der Waals surface area contributed by atoms with Gasteiger partial charge in [-0.15, -0.1) is 12.6 Å². The summed E-state index contributed by atoms with van der Waals surface area (Å²) in [5.41, 5.74) is 3.59. The van der Waals surface area contributed by atoms with Crippen LogP contribution in [-0.2, 0) is 23.2 Å². The molecule has 5 heteroatoms. The van der Waals surface area contributed by atoms with Gasteiger partial charge in [-0.25, -0.2) is 4.98 Å². The highest BCUT2D eigenvalue weighted by molar-refractivity contribution is 7.96. The quantitative estimate of drug-likeness (QED) is 0.162. The first-order chi connectivity index (χ1) is 17.5. The van der Waals surface area contributed by atoms with Gasteiger partial charge < -0.3 is 4.74 Å². The number of hydrogen-bond acceptors (Lipinski definition) is 3.